The van der Waals surface area contributed by atoms with Crippen molar-refractivity contribution in [3.05, 3.63) is 35.9 Å². The molecule has 4 amide bonds. The van der Waals surface area contributed by atoms with E-state index in [9.17, 15) is 24.0 Å². The summed E-state index contributed by atoms with van der Waals surface area (Å²) in [6.45, 7) is 2.83. The first-order valence-corrected chi connectivity index (χ1v) is 14.4. The fraction of sp³-hybridized carbons (Fsp3) is 0.621. The Hall–Kier alpha value is -3.51. The lowest BCUT2D eigenvalue weighted by Crippen LogP contribution is -2.58. The van der Waals surface area contributed by atoms with Crippen LogP contribution in [0.5, 0.6) is 0 Å². The second-order valence-corrected chi connectivity index (χ2v) is 10.3. The number of ether oxygens (including phenoxy) is 3. The molecule has 12 heteroatoms. The highest BCUT2D eigenvalue weighted by molar-refractivity contribution is 6.38. The van der Waals surface area contributed by atoms with E-state index in [2.05, 4.69) is 16.0 Å². The largest absolute Gasteiger partial charge is 0.465 e. The molecule has 0 bridgehead atoms. The molecule has 1 aliphatic carbocycles. The molecule has 2 atom stereocenters. The number of ketones is 1. The highest BCUT2D eigenvalue weighted by Crippen LogP contribution is 2.27. The normalized spacial score (nSPS) is 17.1. The molecule has 1 aromatic carbocycles. The standard InChI is InChI=1S/C29H42N4O8/c1-2-41-25(34)18-30-28(37)26(35)24(20-40-19-22-11-7-4-8-12-22)31-27(36)23(17-21-9-5-3-6-10-21)32-29(38)33-13-15-39-16-14-33/h4,7-8,11-12,21,23-24H,2-3,5-6,9-10,13-20H2,1H3,(H,30,37)(H,31,36)(H,32,38)/t23-,24?/m0/s1. The Morgan fingerprint density at radius 1 is 0.976 bits per heavy atom. The highest BCUT2D eigenvalue weighted by Gasteiger charge is 2.33. The van der Waals surface area contributed by atoms with Crippen LogP contribution in [0.15, 0.2) is 30.3 Å². The van der Waals surface area contributed by atoms with Gasteiger partial charge in [-0.25, -0.2) is 4.79 Å². The van der Waals surface area contributed by atoms with Gasteiger partial charge in [0, 0.05) is 13.1 Å². The quantitative estimate of drug-likeness (QED) is 0.222. The van der Waals surface area contributed by atoms with E-state index in [-0.39, 0.29) is 31.8 Å². The molecule has 226 valence electrons. The van der Waals surface area contributed by atoms with E-state index < -0.39 is 42.2 Å². The van der Waals surface area contributed by atoms with Gasteiger partial charge in [0.1, 0.15) is 18.6 Å². The Morgan fingerprint density at radius 3 is 2.37 bits per heavy atom. The summed E-state index contributed by atoms with van der Waals surface area (Å²) < 4.78 is 15.8. The van der Waals surface area contributed by atoms with Gasteiger partial charge in [-0.05, 0) is 24.8 Å². The van der Waals surface area contributed by atoms with Crippen molar-refractivity contribution in [1.82, 2.24) is 20.9 Å². The van der Waals surface area contributed by atoms with E-state index in [1.807, 2.05) is 30.3 Å². The Labute approximate surface area is 240 Å². The van der Waals surface area contributed by atoms with Crippen LogP contribution in [0.2, 0.25) is 0 Å². The number of carbonyl (C=O) groups excluding carboxylic acids is 5. The molecule has 0 spiro atoms. The minimum atomic E-state index is -1.33. The molecule has 0 aromatic heterocycles. The van der Waals surface area contributed by atoms with Crippen molar-refractivity contribution >= 4 is 29.6 Å². The average Bonchev–Trinajstić information content (AvgIpc) is 3.00. The Bertz CT molecular complexity index is 1010. The van der Waals surface area contributed by atoms with Gasteiger partial charge in [0.15, 0.2) is 0 Å². The molecule has 2 aliphatic rings. The Morgan fingerprint density at radius 2 is 1.68 bits per heavy atom. The van der Waals surface area contributed by atoms with E-state index in [0.29, 0.717) is 32.7 Å². The van der Waals surface area contributed by atoms with Crippen molar-refractivity contribution in [2.24, 2.45) is 5.92 Å². The van der Waals surface area contributed by atoms with Gasteiger partial charge in [0.25, 0.3) is 5.91 Å². The third kappa shape index (κ3) is 11.1. The molecular weight excluding hydrogens is 532 g/mol. The van der Waals surface area contributed by atoms with Crippen LogP contribution < -0.4 is 16.0 Å². The summed E-state index contributed by atoms with van der Waals surface area (Å²) in [5.41, 5.74) is 0.852. The predicted octanol–water partition coefficient (Wildman–Crippen LogP) is 1.32. The predicted molar refractivity (Wildman–Crippen MR) is 149 cm³/mol. The van der Waals surface area contributed by atoms with Crippen LogP contribution in [0.1, 0.15) is 51.0 Å². The van der Waals surface area contributed by atoms with Crippen LogP contribution in [0.4, 0.5) is 4.79 Å². The third-order valence-electron chi connectivity index (χ3n) is 7.16. The first kappa shape index (κ1) is 32.0. The number of esters is 1. The zero-order chi connectivity index (χ0) is 29.5. The number of rotatable bonds is 14. The van der Waals surface area contributed by atoms with Gasteiger partial charge < -0.3 is 35.1 Å². The van der Waals surface area contributed by atoms with Gasteiger partial charge in [-0.2, -0.15) is 0 Å². The smallest absolute Gasteiger partial charge is 0.325 e. The molecular formula is C29H42N4O8. The van der Waals surface area contributed by atoms with Gasteiger partial charge in [-0.15, -0.1) is 0 Å². The number of amides is 4. The van der Waals surface area contributed by atoms with Crippen LogP contribution in [0, 0.1) is 5.92 Å². The van der Waals surface area contributed by atoms with Gasteiger partial charge in [0.05, 0.1) is 33.0 Å². The number of urea groups is 1. The van der Waals surface area contributed by atoms with E-state index in [0.717, 1.165) is 37.7 Å². The summed E-state index contributed by atoms with van der Waals surface area (Å²) in [6.07, 6.45) is 5.59. The molecule has 2 fully saturated rings. The number of hydrogen-bond donors (Lipinski definition) is 3. The summed E-state index contributed by atoms with van der Waals surface area (Å²) >= 11 is 0. The zero-order valence-corrected chi connectivity index (χ0v) is 23.7. The lowest BCUT2D eigenvalue weighted by Gasteiger charge is -2.31. The number of carbonyl (C=O) groups is 5. The van der Waals surface area contributed by atoms with Gasteiger partial charge in [-0.1, -0.05) is 62.4 Å². The zero-order valence-electron chi connectivity index (χ0n) is 23.7. The number of nitrogens with zero attached hydrogens (tertiary/aromatic N) is 1. The Balaban J connectivity index is 1.70. The lowest BCUT2D eigenvalue weighted by atomic mass is 9.84. The van der Waals surface area contributed by atoms with Crippen LogP contribution in [-0.4, -0.2) is 92.6 Å². The number of hydrogen-bond acceptors (Lipinski definition) is 8. The van der Waals surface area contributed by atoms with E-state index in [1.165, 1.54) is 0 Å². The van der Waals surface area contributed by atoms with Crippen molar-refractivity contribution in [3.8, 4) is 0 Å². The molecule has 0 radical (unpaired) electrons. The maximum Gasteiger partial charge on any atom is 0.325 e. The molecule has 1 aromatic rings. The molecule has 1 saturated heterocycles. The van der Waals surface area contributed by atoms with Crippen molar-refractivity contribution in [2.75, 3.05) is 46.1 Å². The van der Waals surface area contributed by atoms with Crippen LogP contribution in [0.3, 0.4) is 0 Å². The van der Waals surface area contributed by atoms with Crippen LogP contribution in [-0.2, 0) is 40.0 Å². The maximum absolute atomic E-state index is 13.6. The molecule has 1 saturated carbocycles. The molecule has 1 aliphatic heterocycles. The number of morpholine rings is 1. The molecule has 3 N–H and O–H groups in total. The van der Waals surface area contributed by atoms with Crippen molar-refractivity contribution in [3.63, 3.8) is 0 Å². The number of nitrogens with one attached hydrogen (secondary N) is 3. The summed E-state index contributed by atoms with van der Waals surface area (Å²) in [5, 5.41) is 7.74. The number of Topliss-reactive ketones (excluding diaryl/α,β-unsaturated/α-hetero) is 1. The van der Waals surface area contributed by atoms with E-state index in [1.54, 1.807) is 11.8 Å². The van der Waals surface area contributed by atoms with Crippen molar-refractivity contribution in [2.45, 2.75) is 64.1 Å². The SMILES string of the molecule is CCOC(=O)CNC(=O)C(=O)C(COCc1ccccc1)NC(=O)[C@H](CC1CCCCC1)NC(=O)N1CCOCC1. The summed E-state index contributed by atoms with van der Waals surface area (Å²) in [5.74, 6) is -3.02. The minimum absolute atomic E-state index is 0.132. The second-order valence-electron chi connectivity index (χ2n) is 10.3. The minimum Gasteiger partial charge on any atom is -0.465 e. The van der Waals surface area contributed by atoms with Crippen molar-refractivity contribution < 1.29 is 38.2 Å². The third-order valence-corrected chi connectivity index (χ3v) is 7.16. The summed E-state index contributed by atoms with van der Waals surface area (Å²) in [6, 6.07) is 6.65. The highest BCUT2D eigenvalue weighted by atomic mass is 16.5. The van der Waals surface area contributed by atoms with Gasteiger partial charge in [0.2, 0.25) is 11.7 Å². The van der Waals surface area contributed by atoms with Crippen molar-refractivity contribution in [1.29, 1.82) is 0 Å². The van der Waals surface area contributed by atoms with Gasteiger partial charge >= 0.3 is 12.0 Å². The molecule has 1 heterocycles. The van der Waals surface area contributed by atoms with Crippen LogP contribution >= 0.6 is 0 Å². The Kier molecular flexibility index (Phi) is 13.5. The first-order chi connectivity index (χ1) is 19.9. The van der Waals surface area contributed by atoms with Crippen LogP contribution in [0.25, 0.3) is 0 Å². The van der Waals surface area contributed by atoms with E-state index in [4.69, 9.17) is 14.2 Å². The molecule has 1 unspecified atom stereocenters. The van der Waals surface area contributed by atoms with E-state index >= 15 is 0 Å². The molecule has 12 nitrogen and oxygen atoms in total. The average molecular weight is 575 g/mol. The fourth-order valence-electron chi connectivity index (χ4n) is 4.93. The first-order valence-electron chi connectivity index (χ1n) is 14.4. The monoisotopic (exact) mass is 574 g/mol. The van der Waals surface area contributed by atoms with Gasteiger partial charge in [-0.3, -0.25) is 19.2 Å². The molecule has 41 heavy (non-hydrogen) atoms. The summed E-state index contributed by atoms with van der Waals surface area (Å²) in [4.78, 5) is 65.5. The fourth-order valence-corrected chi connectivity index (χ4v) is 4.93. The summed E-state index contributed by atoms with van der Waals surface area (Å²) in [7, 11) is 0. The topological polar surface area (TPSA) is 152 Å². The maximum atomic E-state index is 13.6. The second kappa shape index (κ2) is 17.3. The lowest BCUT2D eigenvalue weighted by molar-refractivity contribution is -0.146. The number of benzene rings is 1. The molecule has 3 rings (SSSR count).